The van der Waals surface area contributed by atoms with Gasteiger partial charge in [0.1, 0.15) is 5.75 Å². The summed E-state index contributed by atoms with van der Waals surface area (Å²) in [7, 11) is 0. The predicted molar refractivity (Wildman–Crippen MR) is 125 cm³/mol. The number of carboxylic acid groups (broad SMARTS) is 1. The first-order valence-corrected chi connectivity index (χ1v) is 10.5. The van der Waals surface area contributed by atoms with E-state index in [0.29, 0.717) is 13.2 Å². The minimum Gasteiger partial charge on any atom is -0.494 e. The SMILES string of the molecule is CC1=C(CNCCC(=O)O)CCc2cc(OCCCc3ccc(Cl)cc3)ccc21.Cl. The molecule has 2 N–H and O–H groups in total. The van der Waals surface area contributed by atoms with Crippen LogP contribution in [0, 0.1) is 0 Å². The lowest BCUT2D eigenvalue weighted by atomic mass is 9.86. The molecule has 2 aromatic rings. The van der Waals surface area contributed by atoms with Crippen LogP contribution in [0.2, 0.25) is 5.02 Å². The van der Waals surface area contributed by atoms with Gasteiger partial charge in [0.2, 0.25) is 0 Å². The van der Waals surface area contributed by atoms with E-state index >= 15 is 0 Å². The summed E-state index contributed by atoms with van der Waals surface area (Å²) in [6.45, 7) is 4.09. The fraction of sp³-hybridized carbons (Fsp3) is 0.375. The number of allylic oxidation sites excluding steroid dienone is 1. The summed E-state index contributed by atoms with van der Waals surface area (Å²) in [5.74, 6) is 0.161. The number of hydrogen-bond donors (Lipinski definition) is 2. The highest BCUT2D eigenvalue weighted by Gasteiger charge is 2.16. The zero-order chi connectivity index (χ0) is 20.6. The number of nitrogens with one attached hydrogen (secondary N) is 1. The van der Waals surface area contributed by atoms with E-state index in [1.807, 2.05) is 18.2 Å². The molecule has 0 fully saturated rings. The van der Waals surface area contributed by atoms with Gasteiger partial charge in [0.05, 0.1) is 13.0 Å². The van der Waals surface area contributed by atoms with Gasteiger partial charge in [0.15, 0.2) is 0 Å². The average Bonchev–Trinajstić information content (AvgIpc) is 2.71. The molecule has 0 bridgehead atoms. The Labute approximate surface area is 189 Å². The van der Waals surface area contributed by atoms with Crippen molar-refractivity contribution < 1.29 is 14.6 Å². The molecule has 1 aliphatic rings. The summed E-state index contributed by atoms with van der Waals surface area (Å²) in [4.78, 5) is 10.6. The minimum absolute atomic E-state index is 0. The molecule has 0 radical (unpaired) electrons. The molecule has 0 aliphatic heterocycles. The number of aliphatic carboxylic acids is 1. The van der Waals surface area contributed by atoms with Crippen LogP contribution in [0.4, 0.5) is 0 Å². The first kappa shape index (κ1) is 24.3. The van der Waals surface area contributed by atoms with E-state index in [1.165, 1.54) is 27.8 Å². The highest BCUT2D eigenvalue weighted by Crippen LogP contribution is 2.33. The van der Waals surface area contributed by atoms with Crippen molar-refractivity contribution >= 4 is 35.6 Å². The Morgan fingerprint density at radius 2 is 1.93 bits per heavy atom. The molecule has 30 heavy (non-hydrogen) atoms. The molecule has 0 saturated heterocycles. The summed E-state index contributed by atoms with van der Waals surface area (Å²) < 4.78 is 5.97. The lowest BCUT2D eigenvalue weighted by molar-refractivity contribution is -0.136. The Hall–Kier alpha value is -2.01. The molecule has 1 aliphatic carbocycles. The van der Waals surface area contributed by atoms with Crippen LogP contribution in [0.3, 0.4) is 0 Å². The number of benzene rings is 2. The van der Waals surface area contributed by atoms with E-state index in [0.717, 1.165) is 43.0 Å². The molecule has 3 rings (SSSR count). The van der Waals surface area contributed by atoms with Gasteiger partial charge in [-0.25, -0.2) is 0 Å². The third-order valence-corrected chi connectivity index (χ3v) is 5.60. The summed E-state index contributed by atoms with van der Waals surface area (Å²) in [5.41, 5.74) is 6.53. The molecule has 0 amide bonds. The van der Waals surface area contributed by atoms with Crippen molar-refractivity contribution in [3.63, 3.8) is 0 Å². The summed E-state index contributed by atoms with van der Waals surface area (Å²) in [6, 6.07) is 14.3. The van der Waals surface area contributed by atoms with Crippen molar-refractivity contribution in [3.8, 4) is 5.75 Å². The molecular weight excluding hydrogens is 421 g/mol. The normalized spacial score (nSPS) is 12.9. The van der Waals surface area contributed by atoms with Crippen LogP contribution >= 0.6 is 24.0 Å². The van der Waals surface area contributed by atoms with Gasteiger partial charge < -0.3 is 15.2 Å². The van der Waals surface area contributed by atoms with Crippen LogP contribution in [0.1, 0.15) is 42.9 Å². The smallest absolute Gasteiger partial charge is 0.304 e. The number of rotatable bonds is 10. The van der Waals surface area contributed by atoms with E-state index in [9.17, 15) is 4.79 Å². The van der Waals surface area contributed by atoms with Gasteiger partial charge in [-0.1, -0.05) is 35.4 Å². The van der Waals surface area contributed by atoms with Crippen LogP contribution < -0.4 is 10.1 Å². The van der Waals surface area contributed by atoms with Gasteiger partial charge in [-0.15, -0.1) is 12.4 Å². The molecule has 0 spiro atoms. The zero-order valence-electron chi connectivity index (χ0n) is 17.2. The van der Waals surface area contributed by atoms with Crippen molar-refractivity contribution in [1.29, 1.82) is 0 Å². The number of ether oxygens (including phenoxy) is 1. The zero-order valence-corrected chi connectivity index (χ0v) is 18.8. The van der Waals surface area contributed by atoms with Crippen molar-refractivity contribution in [3.05, 3.63) is 69.8 Å². The van der Waals surface area contributed by atoms with Crippen LogP contribution in [0.25, 0.3) is 5.57 Å². The van der Waals surface area contributed by atoms with Crippen LogP contribution in [-0.2, 0) is 17.6 Å². The maximum atomic E-state index is 10.6. The van der Waals surface area contributed by atoms with E-state index < -0.39 is 5.97 Å². The van der Waals surface area contributed by atoms with Gasteiger partial charge in [0.25, 0.3) is 0 Å². The fourth-order valence-electron chi connectivity index (χ4n) is 3.67. The third kappa shape index (κ3) is 7.05. The molecule has 0 aromatic heterocycles. The van der Waals surface area contributed by atoms with Gasteiger partial charge >= 0.3 is 5.97 Å². The molecule has 0 unspecified atom stereocenters. The van der Waals surface area contributed by atoms with Crippen molar-refractivity contribution in [2.75, 3.05) is 19.7 Å². The van der Waals surface area contributed by atoms with Gasteiger partial charge in [-0.2, -0.15) is 0 Å². The first-order valence-electron chi connectivity index (χ1n) is 10.1. The quantitative estimate of drug-likeness (QED) is 0.466. The number of halogens is 2. The number of fused-ring (bicyclic) bond motifs is 1. The van der Waals surface area contributed by atoms with Gasteiger partial charge in [-0.05, 0) is 79.1 Å². The molecule has 162 valence electrons. The Balaban J connectivity index is 0.00000320. The van der Waals surface area contributed by atoms with Crippen LogP contribution in [-0.4, -0.2) is 30.8 Å². The van der Waals surface area contributed by atoms with Crippen molar-refractivity contribution in [2.45, 2.75) is 39.0 Å². The van der Waals surface area contributed by atoms with Crippen LogP contribution in [0.15, 0.2) is 48.0 Å². The maximum absolute atomic E-state index is 10.6. The molecule has 6 heteroatoms. The average molecular weight is 450 g/mol. The molecule has 0 saturated carbocycles. The Bertz CT molecular complexity index is 879. The molecule has 2 aromatic carbocycles. The summed E-state index contributed by atoms with van der Waals surface area (Å²) in [5, 5.41) is 12.7. The minimum atomic E-state index is -0.766. The lowest BCUT2D eigenvalue weighted by Gasteiger charge is -2.22. The van der Waals surface area contributed by atoms with Crippen LogP contribution in [0.5, 0.6) is 5.75 Å². The number of carboxylic acids is 1. The molecule has 0 atom stereocenters. The maximum Gasteiger partial charge on any atom is 0.304 e. The molecule has 0 heterocycles. The number of aryl methyl sites for hydroxylation is 2. The largest absolute Gasteiger partial charge is 0.494 e. The summed E-state index contributed by atoms with van der Waals surface area (Å²) >= 11 is 5.92. The van der Waals surface area contributed by atoms with E-state index in [-0.39, 0.29) is 18.8 Å². The molecular formula is C24H29Cl2NO3. The number of hydrogen-bond acceptors (Lipinski definition) is 3. The first-order chi connectivity index (χ1) is 14.0. The second-order valence-electron chi connectivity index (χ2n) is 7.45. The van der Waals surface area contributed by atoms with Gasteiger partial charge in [0, 0.05) is 18.1 Å². The van der Waals surface area contributed by atoms with Crippen molar-refractivity contribution in [2.24, 2.45) is 0 Å². The van der Waals surface area contributed by atoms with Crippen molar-refractivity contribution in [1.82, 2.24) is 5.32 Å². The second-order valence-corrected chi connectivity index (χ2v) is 7.88. The number of carbonyl (C=O) groups is 1. The Kier molecular flexibility index (Phi) is 9.70. The standard InChI is InChI=1S/C24H28ClNO3.ClH/c1-17-20(16-26-13-12-24(27)28)7-6-19-15-22(10-11-23(17)19)29-14-2-3-18-4-8-21(25)9-5-18;/h4-5,8-11,15,26H,2-3,6-7,12-14,16H2,1H3,(H,27,28);1H. The van der Waals surface area contributed by atoms with E-state index in [4.69, 9.17) is 21.4 Å². The predicted octanol–water partition coefficient (Wildman–Crippen LogP) is 5.56. The Morgan fingerprint density at radius 3 is 2.67 bits per heavy atom. The van der Waals surface area contributed by atoms with Gasteiger partial charge in [-0.3, -0.25) is 4.79 Å². The Morgan fingerprint density at radius 1 is 1.17 bits per heavy atom. The lowest BCUT2D eigenvalue weighted by Crippen LogP contribution is -2.22. The molecule has 4 nitrogen and oxygen atoms in total. The third-order valence-electron chi connectivity index (χ3n) is 5.35. The van der Waals surface area contributed by atoms with E-state index in [2.05, 4.69) is 36.5 Å². The highest BCUT2D eigenvalue weighted by molar-refractivity contribution is 6.30. The summed E-state index contributed by atoms with van der Waals surface area (Å²) in [6.07, 6.45) is 4.08. The fourth-order valence-corrected chi connectivity index (χ4v) is 3.79. The second kappa shape index (κ2) is 12.0. The highest BCUT2D eigenvalue weighted by atomic mass is 35.5. The monoisotopic (exact) mass is 449 g/mol. The topological polar surface area (TPSA) is 58.6 Å². The van der Waals surface area contributed by atoms with E-state index in [1.54, 1.807) is 0 Å².